The summed E-state index contributed by atoms with van der Waals surface area (Å²) in [6.45, 7) is 9.23. The minimum absolute atomic E-state index is 0.0678. The second-order valence-corrected chi connectivity index (χ2v) is 4.17. The number of carbonyl (C=O) groups is 1. The van der Waals surface area contributed by atoms with Gasteiger partial charge in [-0.3, -0.25) is 4.79 Å². The molecule has 0 saturated heterocycles. The number of carbonyl (C=O) groups excluding carboxylic acids is 1. The number of benzene rings is 1. The second-order valence-electron chi connectivity index (χ2n) is 3.35. The van der Waals surface area contributed by atoms with Crippen LogP contribution in [0, 0.1) is 0 Å². The van der Waals surface area contributed by atoms with Crippen molar-refractivity contribution < 1.29 is 9.53 Å². The summed E-state index contributed by atoms with van der Waals surface area (Å²) in [6.07, 6.45) is 1.20. The highest BCUT2D eigenvalue weighted by Gasteiger charge is 2.07. The minimum atomic E-state index is 0.0678. The number of hydrogen-bond donors (Lipinski definition) is 0. The molecule has 0 saturated carbocycles. The van der Waals surface area contributed by atoms with Crippen LogP contribution < -0.4 is 0 Å². The highest BCUT2D eigenvalue weighted by molar-refractivity contribution is 6.42. The van der Waals surface area contributed by atoms with Crippen molar-refractivity contribution >= 4 is 29.0 Å². The number of hydrogen-bond acceptors (Lipinski definition) is 2. The van der Waals surface area contributed by atoms with Crippen molar-refractivity contribution in [3.05, 3.63) is 47.0 Å². The molecule has 0 aromatic heterocycles. The van der Waals surface area contributed by atoms with Crippen molar-refractivity contribution in [2.24, 2.45) is 0 Å². The Morgan fingerprint density at radius 3 is 2.50 bits per heavy atom. The van der Waals surface area contributed by atoms with Crippen LogP contribution in [0.3, 0.4) is 0 Å². The van der Waals surface area contributed by atoms with Crippen molar-refractivity contribution in [1.29, 1.82) is 0 Å². The fraction of sp³-hybridized carbons (Fsp3) is 0.357. The van der Waals surface area contributed by atoms with Crippen molar-refractivity contribution in [1.82, 2.24) is 0 Å². The molecular formula is C14H18Cl2O2. The van der Waals surface area contributed by atoms with Crippen LogP contribution in [-0.2, 0) is 4.74 Å². The first kappa shape index (κ1) is 17.2. The minimum Gasteiger partial charge on any atom is -0.382 e. The lowest BCUT2D eigenvalue weighted by molar-refractivity contribution is 0.0947. The summed E-state index contributed by atoms with van der Waals surface area (Å²) in [5.74, 6) is 0.0678. The van der Waals surface area contributed by atoms with Gasteiger partial charge in [0.1, 0.15) is 0 Å². The molecule has 1 aromatic carbocycles. The first-order valence-electron chi connectivity index (χ1n) is 5.71. The lowest BCUT2D eigenvalue weighted by atomic mass is 10.1. The number of ketones is 1. The molecule has 18 heavy (non-hydrogen) atoms. The van der Waals surface area contributed by atoms with E-state index in [0.717, 1.165) is 6.42 Å². The molecule has 4 heteroatoms. The third-order valence-corrected chi connectivity index (χ3v) is 2.88. The van der Waals surface area contributed by atoms with E-state index in [9.17, 15) is 4.79 Å². The molecule has 100 valence electrons. The van der Waals surface area contributed by atoms with E-state index in [2.05, 4.69) is 13.2 Å². The quantitative estimate of drug-likeness (QED) is 0.427. The number of halogens is 2. The van der Waals surface area contributed by atoms with E-state index in [1.54, 1.807) is 18.2 Å². The zero-order valence-electron chi connectivity index (χ0n) is 10.5. The fourth-order valence-electron chi connectivity index (χ4n) is 1.29. The highest BCUT2D eigenvalue weighted by Crippen LogP contribution is 2.23. The van der Waals surface area contributed by atoms with Gasteiger partial charge >= 0.3 is 0 Å². The van der Waals surface area contributed by atoms with E-state index in [0.29, 0.717) is 35.2 Å². The molecule has 0 aliphatic rings. The molecule has 0 spiro atoms. The molecule has 0 radical (unpaired) electrons. The van der Waals surface area contributed by atoms with Gasteiger partial charge in [-0.05, 0) is 31.5 Å². The van der Waals surface area contributed by atoms with Gasteiger partial charge in [-0.15, -0.1) is 13.2 Å². The maximum Gasteiger partial charge on any atom is 0.163 e. The molecule has 0 unspecified atom stereocenters. The van der Waals surface area contributed by atoms with Gasteiger partial charge in [0.25, 0.3) is 0 Å². The average molecular weight is 289 g/mol. The second kappa shape index (κ2) is 10.1. The summed E-state index contributed by atoms with van der Waals surface area (Å²) < 4.78 is 5.16. The monoisotopic (exact) mass is 288 g/mol. The lowest BCUT2D eigenvalue weighted by Gasteiger charge is -2.03. The third kappa shape index (κ3) is 6.20. The zero-order valence-corrected chi connectivity index (χ0v) is 12.1. The van der Waals surface area contributed by atoms with E-state index >= 15 is 0 Å². The van der Waals surface area contributed by atoms with Crippen molar-refractivity contribution in [2.45, 2.75) is 19.8 Å². The predicted molar refractivity (Wildman–Crippen MR) is 77.8 cm³/mol. The summed E-state index contributed by atoms with van der Waals surface area (Å²) in [4.78, 5) is 11.7. The van der Waals surface area contributed by atoms with Crippen molar-refractivity contribution in [2.75, 3.05) is 13.2 Å². The first-order valence-corrected chi connectivity index (χ1v) is 6.46. The summed E-state index contributed by atoms with van der Waals surface area (Å²) in [5, 5.41) is 0.879. The SMILES string of the molecule is C=C.CCOCCCC(=O)c1ccc(Cl)c(Cl)c1. The van der Waals surface area contributed by atoms with Crippen LogP contribution in [0.2, 0.25) is 10.0 Å². The predicted octanol–water partition coefficient (Wildman–Crippen LogP) is 4.80. The Labute approximate surface area is 119 Å². The first-order chi connectivity index (χ1) is 8.65. The molecule has 1 aromatic rings. The number of Topliss-reactive ketones (excluding diaryl/α,β-unsaturated/α-hetero) is 1. The van der Waals surface area contributed by atoms with Crippen LogP contribution in [0.25, 0.3) is 0 Å². The average Bonchev–Trinajstić information content (AvgIpc) is 2.40. The van der Waals surface area contributed by atoms with Gasteiger partial charge in [-0.25, -0.2) is 0 Å². The normalized spacial score (nSPS) is 9.50. The molecule has 0 bridgehead atoms. The Morgan fingerprint density at radius 2 is 1.94 bits per heavy atom. The van der Waals surface area contributed by atoms with Crippen LogP contribution in [0.15, 0.2) is 31.4 Å². The summed E-state index contributed by atoms with van der Waals surface area (Å²) >= 11 is 11.6. The van der Waals surface area contributed by atoms with Gasteiger partial charge in [0.05, 0.1) is 10.0 Å². The topological polar surface area (TPSA) is 26.3 Å². The third-order valence-electron chi connectivity index (χ3n) is 2.14. The van der Waals surface area contributed by atoms with Crippen LogP contribution in [0.1, 0.15) is 30.1 Å². The van der Waals surface area contributed by atoms with Gasteiger partial charge in [-0.1, -0.05) is 23.2 Å². The van der Waals surface area contributed by atoms with E-state index in [4.69, 9.17) is 27.9 Å². The molecule has 0 N–H and O–H groups in total. The van der Waals surface area contributed by atoms with Crippen molar-refractivity contribution in [3.63, 3.8) is 0 Å². The smallest absolute Gasteiger partial charge is 0.163 e. The number of rotatable bonds is 6. The fourth-order valence-corrected chi connectivity index (χ4v) is 1.59. The van der Waals surface area contributed by atoms with Gasteiger partial charge in [0.15, 0.2) is 5.78 Å². The molecule has 0 aliphatic carbocycles. The largest absolute Gasteiger partial charge is 0.382 e. The van der Waals surface area contributed by atoms with E-state index in [1.165, 1.54) is 0 Å². The summed E-state index contributed by atoms with van der Waals surface area (Å²) in [6, 6.07) is 4.93. The standard InChI is InChI=1S/C12H14Cl2O2.C2H4/c1-2-16-7-3-4-12(15)9-5-6-10(13)11(14)8-9;1-2/h5-6,8H,2-4,7H2,1H3;1-2H2. The summed E-state index contributed by atoms with van der Waals surface area (Å²) in [5.41, 5.74) is 0.603. The van der Waals surface area contributed by atoms with Crippen LogP contribution >= 0.6 is 23.2 Å². The Morgan fingerprint density at radius 1 is 1.28 bits per heavy atom. The molecule has 1 rings (SSSR count). The summed E-state index contributed by atoms with van der Waals surface area (Å²) in [7, 11) is 0. The van der Waals surface area contributed by atoms with Crippen LogP contribution in [0.5, 0.6) is 0 Å². The van der Waals surface area contributed by atoms with E-state index < -0.39 is 0 Å². The molecular weight excluding hydrogens is 271 g/mol. The Bertz CT molecular complexity index is 378. The zero-order chi connectivity index (χ0) is 14.0. The van der Waals surface area contributed by atoms with Crippen LogP contribution in [0.4, 0.5) is 0 Å². The van der Waals surface area contributed by atoms with Crippen molar-refractivity contribution in [3.8, 4) is 0 Å². The molecule has 0 amide bonds. The van der Waals surface area contributed by atoms with Crippen LogP contribution in [-0.4, -0.2) is 19.0 Å². The maximum absolute atomic E-state index is 11.7. The molecule has 0 fully saturated rings. The number of ether oxygens (including phenoxy) is 1. The molecule has 2 nitrogen and oxygen atoms in total. The van der Waals surface area contributed by atoms with Gasteiger partial charge in [-0.2, -0.15) is 0 Å². The highest BCUT2D eigenvalue weighted by atomic mass is 35.5. The van der Waals surface area contributed by atoms with Gasteiger partial charge in [0.2, 0.25) is 0 Å². The Hall–Kier alpha value is -0.830. The van der Waals surface area contributed by atoms with E-state index in [1.807, 2.05) is 6.92 Å². The molecule has 0 heterocycles. The van der Waals surface area contributed by atoms with Gasteiger partial charge < -0.3 is 4.74 Å². The lowest BCUT2D eigenvalue weighted by Crippen LogP contribution is -2.02. The Kier molecular flexibility index (Phi) is 9.66. The molecule has 0 aliphatic heterocycles. The molecule has 0 atom stereocenters. The maximum atomic E-state index is 11.7. The van der Waals surface area contributed by atoms with Gasteiger partial charge in [0, 0.05) is 25.2 Å². The van der Waals surface area contributed by atoms with E-state index in [-0.39, 0.29) is 5.78 Å². The Balaban J connectivity index is 0.00000137.